The van der Waals surface area contributed by atoms with Gasteiger partial charge < -0.3 is 10.6 Å². The number of anilines is 2. The summed E-state index contributed by atoms with van der Waals surface area (Å²) < 4.78 is 1.48. The Balaban J connectivity index is 1.52. The van der Waals surface area contributed by atoms with E-state index < -0.39 is 5.91 Å². The normalized spacial score (nSPS) is 13.5. The number of halogens is 1. The van der Waals surface area contributed by atoms with Gasteiger partial charge in [0.25, 0.3) is 5.91 Å². The number of carbonyl (C=O) groups is 3. The molecule has 8 heteroatoms. The van der Waals surface area contributed by atoms with E-state index in [1.807, 2.05) is 0 Å². The van der Waals surface area contributed by atoms with Crippen LogP contribution in [0.4, 0.5) is 11.4 Å². The van der Waals surface area contributed by atoms with Gasteiger partial charge in [0.2, 0.25) is 5.91 Å². The van der Waals surface area contributed by atoms with Crippen LogP contribution in [-0.4, -0.2) is 27.4 Å². The number of nitrogens with one attached hydrogen (secondary N) is 2. The molecule has 1 unspecified atom stereocenters. The van der Waals surface area contributed by atoms with Crippen LogP contribution in [0.2, 0.25) is 0 Å². The molecule has 0 radical (unpaired) electrons. The van der Waals surface area contributed by atoms with E-state index in [1.165, 1.54) is 4.68 Å². The van der Waals surface area contributed by atoms with E-state index in [0.717, 1.165) is 5.56 Å². The summed E-state index contributed by atoms with van der Waals surface area (Å²) in [5.74, 6) is -0.684. The van der Waals surface area contributed by atoms with Crippen molar-refractivity contribution in [1.82, 2.24) is 9.78 Å². The number of rotatable bonds is 5. The molecule has 4 rings (SSSR count). The van der Waals surface area contributed by atoms with E-state index in [4.69, 9.17) is 11.6 Å². The summed E-state index contributed by atoms with van der Waals surface area (Å²) in [4.78, 5) is 36.8. The first-order valence-electron chi connectivity index (χ1n) is 8.99. The Morgan fingerprint density at radius 1 is 1.17 bits per heavy atom. The van der Waals surface area contributed by atoms with Gasteiger partial charge in [-0.3, -0.25) is 19.1 Å². The van der Waals surface area contributed by atoms with Crippen LogP contribution in [0.25, 0.3) is 0 Å². The van der Waals surface area contributed by atoms with Crippen molar-refractivity contribution in [1.29, 1.82) is 0 Å². The number of benzene rings is 2. The Labute approximate surface area is 171 Å². The van der Waals surface area contributed by atoms with Crippen LogP contribution in [0, 0.1) is 0 Å². The number of nitrogens with zero attached hydrogens (tertiary/aromatic N) is 2. The minimum Gasteiger partial charge on any atom is -0.326 e. The van der Waals surface area contributed by atoms with Gasteiger partial charge in [0.15, 0.2) is 11.5 Å². The maximum Gasteiger partial charge on any atom is 0.276 e. The van der Waals surface area contributed by atoms with Gasteiger partial charge in [-0.25, -0.2) is 0 Å². The fourth-order valence-electron chi connectivity index (χ4n) is 3.11. The van der Waals surface area contributed by atoms with Crippen LogP contribution >= 0.6 is 11.6 Å². The fourth-order valence-corrected chi connectivity index (χ4v) is 3.22. The lowest BCUT2D eigenvalue weighted by Crippen LogP contribution is -2.14. The van der Waals surface area contributed by atoms with Crippen molar-refractivity contribution >= 4 is 40.6 Å². The van der Waals surface area contributed by atoms with Gasteiger partial charge in [0.05, 0.1) is 6.42 Å². The van der Waals surface area contributed by atoms with Crippen molar-refractivity contribution < 1.29 is 14.4 Å². The predicted octanol–water partition coefficient (Wildman–Crippen LogP) is 3.62. The molecule has 1 aliphatic heterocycles. The van der Waals surface area contributed by atoms with Gasteiger partial charge in [-0.15, -0.1) is 0 Å². The lowest BCUT2D eigenvalue weighted by Gasteiger charge is -2.08. The van der Waals surface area contributed by atoms with Crippen molar-refractivity contribution in [2.24, 2.45) is 0 Å². The number of carbonyl (C=O) groups excluding carboxylic acids is 3. The van der Waals surface area contributed by atoms with E-state index in [-0.39, 0.29) is 22.9 Å². The highest BCUT2D eigenvalue weighted by molar-refractivity contribution is 6.18. The van der Waals surface area contributed by atoms with Crippen molar-refractivity contribution in [3.8, 4) is 0 Å². The third kappa shape index (κ3) is 3.90. The maximum absolute atomic E-state index is 12.9. The van der Waals surface area contributed by atoms with E-state index in [0.29, 0.717) is 28.9 Å². The second-order valence-corrected chi connectivity index (χ2v) is 7.35. The molecule has 3 aromatic rings. The van der Waals surface area contributed by atoms with Crippen LogP contribution in [-0.2, 0) is 11.2 Å². The first-order chi connectivity index (χ1) is 13.9. The predicted molar refractivity (Wildman–Crippen MR) is 109 cm³/mol. The number of fused-ring (bicyclic) bond motifs is 1. The number of amides is 2. The molecule has 0 saturated carbocycles. The topological polar surface area (TPSA) is 93.1 Å². The Bertz CT molecular complexity index is 1140. The molecule has 0 saturated heterocycles. The molecule has 0 spiro atoms. The fraction of sp³-hybridized carbons (Fsp3) is 0.143. The standard InChI is InChI=1S/C21H17ClN4O3/c1-12(22)26-8-7-17(25-26)21(29)23-16-4-2-3-14(9-16)20(28)15-6-5-13-11-19(27)24-18(13)10-15/h2-10,12H,11H2,1H3,(H,23,29)(H,24,27). The molecule has 7 nitrogen and oxygen atoms in total. The van der Waals surface area contributed by atoms with Gasteiger partial charge in [0, 0.05) is 28.7 Å². The van der Waals surface area contributed by atoms with Gasteiger partial charge in [-0.05, 0) is 36.8 Å². The van der Waals surface area contributed by atoms with E-state index >= 15 is 0 Å². The number of aromatic nitrogens is 2. The Morgan fingerprint density at radius 3 is 2.72 bits per heavy atom. The van der Waals surface area contributed by atoms with E-state index in [9.17, 15) is 14.4 Å². The van der Waals surface area contributed by atoms with Crippen LogP contribution < -0.4 is 10.6 Å². The molecule has 146 valence electrons. The molecular weight excluding hydrogens is 392 g/mol. The lowest BCUT2D eigenvalue weighted by atomic mass is 10.0. The van der Waals surface area contributed by atoms with Gasteiger partial charge in [0.1, 0.15) is 5.50 Å². The first-order valence-corrected chi connectivity index (χ1v) is 9.42. The van der Waals surface area contributed by atoms with Gasteiger partial charge in [-0.1, -0.05) is 35.9 Å². The zero-order valence-electron chi connectivity index (χ0n) is 15.5. The Morgan fingerprint density at radius 2 is 1.97 bits per heavy atom. The summed E-state index contributed by atoms with van der Waals surface area (Å²) in [6.45, 7) is 1.75. The Hall–Kier alpha value is -3.45. The largest absolute Gasteiger partial charge is 0.326 e. The molecule has 29 heavy (non-hydrogen) atoms. The second kappa shape index (κ2) is 7.52. The third-order valence-corrected chi connectivity index (χ3v) is 4.79. The van der Waals surface area contributed by atoms with Crippen LogP contribution in [0.15, 0.2) is 54.7 Å². The molecule has 1 aliphatic rings. The molecule has 2 amide bonds. The number of ketones is 1. The van der Waals surface area contributed by atoms with Crippen LogP contribution in [0.5, 0.6) is 0 Å². The maximum atomic E-state index is 12.9. The highest BCUT2D eigenvalue weighted by atomic mass is 35.5. The molecule has 2 N–H and O–H groups in total. The average Bonchev–Trinajstić information content (AvgIpc) is 3.33. The van der Waals surface area contributed by atoms with E-state index in [2.05, 4.69) is 15.7 Å². The SMILES string of the molecule is CC(Cl)n1ccc(C(=O)Nc2cccc(C(=O)c3ccc4c(c3)NC(=O)C4)c2)n1. The molecule has 2 heterocycles. The molecule has 2 aromatic carbocycles. The molecule has 0 aliphatic carbocycles. The summed E-state index contributed by atoms with van der Waals surface area (Å²) in [7, 11) is 0. The molecular formula is C21H17ClN4O3. The average molecular weight is 409 g/mol. The zero-order valence-corrected chi connectivity index (χ0v) is 16.2. The van der Waals surface area contributed by atoms with Crippen molar-refractivity contribution in [3.63, 3.8) is 0 Å². The van der Waals surface area contributed by atoms with Crippen molar-refractivity contribution in [2.45, 2.75) is 18.8 Å². The minimum absolute atomic E-state index is 0.0830. The number of hydrogen-bond donors (Lipinski definition) is 2. The summed E-state index contributed by atoms with van der Waals surface area (Å²) in [6, 6.07) is 13.4. The quantitative estimate of drug-likeness (QED) is 0.498. The summed E-state index contributed by atoms with van der Waals surface area (Å²) >= 11 is 5.95. The summed E-state index contributed by atoms with van der Waals surface area (Å²) in [6.07, 6.45) is 1.95. The van der Waals surface area contributed by atoms with Gasteiger partial charge >= 0.3 is 0 Å². The van der Waals surface area contributed by atoms with Crippen molar-refractivity contribution in [2.75, 3.05) is 10.6 Å². The summed E-state index contributed by atoms with van der Waals surface area (Å²) in [5.41, 5.74) is 2.76. The first kappa shape index (κ1) is 18.9. The second-order valence-electron chi connectivity index (χ2n) is 6.72. The minimum atomic E-state index is -0.397. The smallest absolute Gasteiger partial charge is 0.276 e. The lowest BCUT2D eigenvalue weighted by molar-refractivity contribution is -0.115. The van der Waals surface area contributed by atoms with Crippen LogP contribution in [0.1, 0.15) is 44.4 Å². The monoisotopic (exact) mass is 408 g/mol. The summed E-state index contributed by atoms with van der Waals surface area (Å²) in [5, 5.41) is 9.60. The van der Waals surface area contributed by atoms with E-state index in [1.54, 1.807) is 61.7 Å². The third-order valence-electron chi connectivity index (χ3n) is 4.59. The zero-order chi connectivity index (χ0) is 20.5. The highest BCUT2D eigenvalue weighted by Gasteiger charge is 2.20. The molecule has 0 bridgehead atoms. The molecule has 1 atom stereocenters. The highest BCUT2D eigenvalue weighted by Crippen LogP contribution is 2.25. The van der Waals surface area contributed by atoms with Gasteiger partial charge in [-0.2, -0.15) is 5.10 Å². The Kier molecular flexibility index (Phi) is 4.90. The molecule has 0 fully saturated rings. The number of alkyl halides is 1. The van der Waals surface area contributed by atoms with Crippen LogP contribution in [0.3, 0.4) is 0 Å². The number of hydrogen-bond acceptors (Lipinski definition) is 4. The molecule has 1 aromatic heterocycles. The van der Waals surface area contributed by atoms with Crippen molar-refractivity contribution in [3.05, 3.63) is 77.1 Å².